The number of carbonyl (C=O) groups excluding carboxylic acids is 1. The quantitative estimate of drug-likeness (QED) is 0.822. The fourth-order valence-electron chi connectivity index (χ4n) is 3.94. The average molecular weight is 386 g/mol. The van der Waals surface area contributed by atoms with Crippen molar-refractivity contribution in [3.63, 3.8) is 0 Å². The zero-order valence-electron chi connectivity index (χ0n) is 16.1. The van der Waals surface area contributed by atoms with E-state index in [-0.39, 0.29) is 17.9 Å². The highest BCUT2D eigenvalue weighted by Crippen LogP contribution is 2.22. The Morgan fingerprint density at radius 2 is 2.14 bits per heavy atom. The van der Waals surface area contributed by atoms with Crippen LogP contribution in [0.25, 0.3) is 10.9 Å². The summed E-state index contributed by atoms with van der Waals surface area (Å²) < 4.78 is 7.53. The van der Waals surface area contributed by atoms with Crippen molar-refractivity contribution < 1.29 is 19.4 Å². The van der Waals surface area contributed by atoms with Gasteiger partial charge in [0.2, 0.25) is 0 Å². The molecule has 2 aliphatic heterocycles. The maximum Gasteiger partial charge on any atom is 0.407 e. The van der Waals surface area contributed by atoms with Gasteiger partial charge in [-0.25, -0.2) is 4.79 Å². The number of fused-ring (bicyclic) bond motifs is 1. The number of aromatic nitrogens is 2. The Labute approximate surface area is 163 Å². The number of nitrogens with zero attached hydrogens (tertiary/aromatic N) is 3. The molecule has 0 spiro atoms. The van der Waals surface area contributed by atoms with Gasteiger partial charge >= 0.3 is 6.09 Å². The predicted octanol–water partition coefficient (Wildman–Crippen LogP) is 2.25. The second kappa shape index (κ2) is 7.79. The van der Waals surface area contributed by atoms with Crippen LogP contribution in [0.4, 0.5) is 4.79 Å². The lowest BCUT2D eigenvalue weighted by Crippen LogP contribution is -2.50. The van der Waals surface area contributed by atoms with Crippen LogP contribution >= 0.6 is 0 Å². The first-order valence-electron chi connectivity index (χ1n) is 9.85. The molecule has 4 rings (SSSR count). The lowest BCUT2D eigenvalue weighted by Gasteiger charge is -2.36. The summed E-state index contributed by atoms with van der Waals surface area (Å²) in [5.41, 5.74) is 2.39. The molecule has 0 bridgehead atoms. The molecule has 150 valence electrons. The van der Waals surface area contributed by atoms with E-state index in [0.29, 0.717) is 31.7 Å². The molecule has 0 aliphatic carbocycles. The van der Waals surface area contributed by atoms with Crippen LogP contribution in [0.5, 0.6) is 0 Å². The van der Waals surface area contributed by atoms with E-state index in [1.54, 1.807) is 0 Å². The summed E-state index contributed by atoms with van der Waals surface area (Å²) in [5, 5.41) is 17.4. The number of likely N-dealkylation sites (tertiary alicyclic amines) is 1. The molecule has 3 heterocycles. The van der Waals surface area contributed by atoms with E-state index >= 15 is 0 Å². The number of ether oxygens (including phenoxy) is 1. The molecule has 2 fully saturated rings. The number of hydrogen-bond acceptors (Lipinski definition) is 4. The molecule has 2 amide bonds. The topological polar surface area (TPSA) is 96.7 Å². The van der Waals surface area contributed by atoms with Crippen LogP contribution in [0.15, 0.2) is 18.3 Å². The molecule has 2 N–H and O–H groups in total. The van der Waals surface area contributed by atoms with Crippen LogP contribution in [0.3, 0.4) is 0 Å². The summed E-state index contributed by atoms with van der Waals surface area (Å²) in [4.78, 5) is 24.9. The number of rotatable bonds is 5. The number of amides is 2. The van der Waals surface area contributed by atoms with E-state index in [9.17, 15) is 9.59 Å². The molecule has 8 nitrogen and oxygen atoms in total. The molecule has 8 heteroatoms. The Kier molecular flexibility index (Phi) is 5.21. The smallest absolute Gasteiger partial charge is 0.407 e. The van der Waals surface area contributed by atoms with Crippen molar-refractivity contribution in [1.29, 1.82) is 0 Å². The Bertz CT molecular complexity index is 882. The maximum absolute atomic E-state index is 12.6. The van der Waals surface area contributed by atoms with Crippen LogP contribution in [-0.2, 0) is 11.3 Å². The Morgan fingerprint density at radius 3 is 2.86 bits per heavy atom. The minimum absolute atomic E-state index is 0.0857. The number of hydrogen-bond donors (Lipinski definition) is 2. The van der Waals surface area contributed by atoms with Gasteiger partial charge in [0.1, 0.15) is 0 Å². The van der Waals surface area contributed by atoms with Gasteiger partial charge < -0.3 is 20.1 Å². The summed E-state index contributed by atoms with van der Waals surface area (Å²) in [6.07, 6.45) is 4.41. The first-order valence-corrected chi connectivity index (χ1v) is 9.85. The van der Waals surface area contributed by atoms with Gasteiger partial charge in [-0.2, -0.15) is 5.10 Å². The Morgan fingerprint density at radius 1 is 1.32 bits per heavy atom. The fourth-order valence-corrected chi connectivity index (χ4v) is 3.94. The second-order valence-corrected chi connectivity index (χ2v) is 7.83. The van der Waals surface area contributed by atoms with E-state index in [0.717, 1.165) is 42.3 Å². The van der Waals surface area contributed by atoms with E-state index < -0.39 is 6.09 Å². The molecule has 1 aromatic heterocycles. The minimum Gasteiger partial charge on any atom is -0.465 e. The highest BCUT2D eigenvalue weighted by molar-refractivity contribution is 5.99. The SMILES string of the molecule is Cc1cc2nn(CC3CN(C(=O)O)C3)cc2cc1C(=O)NCC1CCCCO1. The van der Waals surface area contributed by atoms with Crippen molar-refractivity contribution in [3.05, 3.63) is 29.5 Å². The lowest BCUT2D eigenvalue weighted by molar-refractivity contribution is 0.0169. The maximum atomic E-state index is 12.6. The van der Waals surface area contributed by atoms with Gasteiger partial charge in [-0.15, -0.1) is 0 Å². The van der Waals surface area contributed by atoms with Crippen LogP contribution < -0.4 is 5.32 Å². The Hall–Kier alpha value is -2.61. The van der Waals surface area contributed by atoms with Gasteiger partial charge in [-0.1, -0.05) is 0 Å². The van der Waals surface area contributed by atoms with E-state index in [4.69, 9.17) is 9.84 Å². The first kappa shape index (κ1) is 18.7. The molecule has 0 saturated carbocycles. The molecule has 1 unspecified atom stereocenters. The number of carbonyl (C=O) groups is 2. The Balaban J connectivity index is 1.41. The highest BCUT2D eigenvalue weighted by Gasteiger charge is 2.30. The average Bonchev–Trinajstić information content (AvgIpc) is 3.03. The third kappa shape index (κ3) is 3.96. The number of nitrogens with one attached hydrogen (secondary N) is 1. The minimum atomic E-state index is -0.869. The molecule has 2 aliphatic rings. The normalized spacial score (nSPS) is 20.2. The van der Waals surface area contributed by atoms with Gasteiger partial charge in [0, 0.05) is 55.9 Å². The van der Waals surface area contributed by atoms with Crippen molar-refractivity contribution in [1.82, 2.24) is 20.0 Å². The van der Waals surface area contributed by atoms with Crippen molar-refractivity contribution in [3.8, 4) is 0 Å². The van der Waals surface area contributed by atoms with E-state index in [1.165, 1.54) is 4.90 Å². The van der Waals surface area contributed by atoms with Gasteiger partial charge in [0.15, 0.2) is 0 Å². The molecule has 28 heavy (non-hydrogen) atoms. The van der Waals surface area contributed by atoms with Crippen LogP contribution in [0, 0.1) is 12.8 Å². The fraction of sp³-hybridized carbons (Fsp3) is 0.550. The molecule has 2 saturated heterocycles. The predicted molar refractivity (Wildman–Crippen MR) is 103 cm³/mol. The van der Waals surface area contributed by atoms with Crippen molar-refractivity contribution >= 4 is 22.9 Å². The summed E-state index contributed by atoms with van der Waals surface area (Å²) in [6, 6.07) is 3.82. The van der Waals surface area contributed by atoms with Gasteiger partial charge in [0.05, 0.1) is 11.6 Å². The molecular formula is C20H26N4O4. The first-order chi connectivity index (χ1) is 13.5. The molecule has 0 radical (unpaired) electrons. The third-order valence-corrected chi connectivity index (χ3v) is 5.58. The molecule has 2 aromatic rings. The number of carboxylic acid groups (broad SMARTS) is 1. The van der Waals surface area contributed by atoms with Crippen molar-refractivity contribution in [2.45, 2.75) is 38.8 Å². The van der Waals surface area contributed by atoms with E-state index in [1.807, 2.05) is 29.9 Å². The largest absolute Gasteiger partial charge is 0.465 e. The molecule has 1 aromatic carbocycles. The van der Waals surface area contributed by atoms with Crippen LogP contribution in [0.2, 0.25) is 0 Å². The third-order valence-electron chi connectivity index (χ3n) is 5.58. The standard InChI is InChI=1S/C20H26N4O4/c1-13-6-18-15(12-24(22-18)11-14-9-23(10-14)20(26)27)7-17(13)19(25)21-8-16-4-2-3-5-28-16/h6-7,12,14,16H,2-5,8-11H2,1H3,(H,21,25)(H,26,27). The summed E-state index contributed by atoms with van der Waals surface area (Å²) in [7, 11) is 0. The summed E-state index contributed by atoms with van der Waals surface area (Å²) in [6.45, 7) is 5.00. The monoisotopic (exact) mass is 386 g/mol. The highest BCUT2D eigenvalue weighted by atomic mass is 16.5. The molecule has 1 atom stereocenters. The molecular weight excluding hydrogens is 360 g/mol. The van der Waals surface area contributed by atoms with Crippen molar-refractivity contribution in [2.24, 2.45) is 5.92 Å². The second-order valence-electron chi connectivity index (χ2n) is 7.83. The van der Waals surface area contributed by atoms with Gasteiger partial charge in [-0.05, 0) is 43.9 Å². The van der Waals surface area contributed by atoms with Crippen molar-refractivity contribution in [2.75, 3.05) is 26.2 Å². The van der Waals surface area contributed by atoms with Gasteiger partial charge in [0.25, 0.3) is 5.91 Å². The van der Waals surface area contributed by atoms with E-state index in [2.05, 4.69) is 10.4 Å². The van der Waals surface area contributed by atoms with Crippen LogP contribution in [-0.4, -0.2) is 64.1 Å². The number of aryl methyl sites for hydroxylation is 1. The number of benzene rings is 1. The zero-order valence-corrected chi connectivity index (χ0v) is 16.1. The summed E-state index contributed by atoms with van der Waals surface area (Å²) >= 11 is 0. The lowest BCUT2D eigenvalue weighted by atomic mass is 10.0. The summed E-state index contributed by atoms with van der Waals surface area (Å²) in [5.74, 6) is 0.196. The van der Waals surface area contributed by atoms with Gasteiger partial charge in [-0.3, -0.25) is 9.48 Å². The zero-order chi connectivity index (χ0) is 19.7. The van der Waals surface area contributed by atoms with Crippen LogP contribution in [0.1, 0.15) is 35.2 Å².